The standard InChI is InChI=1S/C18H21F3N4O6/c19-10-4-9(5-11(20)14(10)21)12-6-25(24-23-12)15-17(27,28)13(7-26)31-16(18(15,29)30)2-1-3-22-8-16/h4-6,13,15,22,26-30H,1-3,7-8H2/t13-,15+,16-/m1/s1. The number of hydrogen-bond donors (Lipinski definition) is 6. The van der Waals surface area contributed by atoms with Crippen molar-refractivity contribution in [1.29, 1.82) is 0 Å². The molecule has 13 heteroatoms. The Kier molecular flexibility index (Phi) is 5.33. The molecule has 1 aromatic heterocycles. The van der Waals surface area contributed by atoms with Gasteiger partial charge >= 0.3 is 0 Å². The molecule has 2 aliphatic heterocycles. The Labute approximate surface area is 173 Å². The Balaban J connectivity index is 1.79. The minimum absolute atomic E-state index is 0.0704. The summed E-state index contributed by atoms with van der Waals surface area (Å²) in [5.41, 5.74) is -2.14. The molecule has 0 radical (unpaired) electrons. The van der Waals surface area contributed by atoms with E-state index in [1.54, 1.807) is 0 Å². The van der Waals surface area contributed by atoms with E-state index < -0.39 is 53.4 Å². The quantitative estimate of drug-likeness (QED) is 0.252. The van der Waals surface area contributed by atoms with E-state index in [2.05, 4.69) is 15.6 Å². The van der Waals surface area contributed by atoms with Gasteiger partial charge in [-0.05, 0) is 31.5 Å². The van der Waals surface area contributed by atoms with Crippen molar-refractivity contribution in [3.63, 3.8) is 0 Å². The molecule has 4 rings (SSSR count). The first kappa shape index (κ1) is 22.1. The van der Waals surface area contributed by atoms with E-state index >= 15 is 0 Å². The van der Waals surface area contributed by atoms with E-state index in [4.69, 9.17) is 4.74 Å². The third kappa shape index (κ3) is 3.33. The topological polar surface area (TPSA) is 153 Å². The molecule has 0 bridgehead atoms. The zero-order chi connectivity index (χ0) is 22.6. The summed E-state index contributed by atoms with van der Waals surface area (Å²) >= 11 is 0. The lowest BCUT2D eigenvalue weighted by Gasteiger charge is -2.58. The number of ether oxygens (including phenoxy) is 1. The van der Waals surface area contributed by atoms with Crippen molar-refractivity contribution in [2.45, 2.75) is 42.2 Å². The van der Waals surface area contributed by atoms with Gasteiger partial charge in [-0.1, -0.05) is 5.21 Å². The lowest BCUT2D eigenvalue weighted by Crippen LogP contribution is -2.77. The van der Waals surface area contributed by atoms with Gasteiger partial charge in [-0.2, -0.15) is 0 Å². The number of benzene rings is 1. The Hall–Kier alpha value is -2.13. The third-order valence-corrected chi connectivity index (χ3v) is 5.86. The van der Waals surface area contributed by atoms with Crippen LogP contribution in [0.25, 0.3) is 11.3 Å². The van der Waals surface area contributed by atoms with Crippen molar-refractivity contribution in [2.24, 2.45) is 0 Å². The molecule has 2 aromatic rings. The van der Waals surface area contributed by atoms with Crippen molar-refractivity contribution in [3.05, 3.63) is 35.8 Å². The van der Waals surface area contributed by atoms with E-state index in [1.165, 1.54) is 0 Å². The fourth-order valence-electron chi connectivity index (χ4n) is 4.25. The maximum absolute atomic E-state index is 13.6. The van der Waals surface area contributed by atoms with Crippen LogP contribution < -0.4 is 5.32 Å². The van der Waals surface area contributed by atoms with Gasteiger partial charge in [-0.15, -0.1) is 5.10 Å². The summed E-state index contributed by atoms with van der Waals surface area (Å²) in [4.78, 5) is 0. The van der Waals surface area contributed by atoms with Gasteiger partial charge in [-0.25, -0.2) is 17.9 Å². The van der Waals surface area contributed by atoms with E-state index in [0.717, 1.165) is 6.20 Å². The van der Waals surface area contributed by atoms with Crippen molar-refractivity contribution in [3.8, 4) is 11.3 Å². The predicted molar refractivity (Wildman–Crippen MR) is 95.5 cm³/mol. The van der Waals surface area contributed by atoms with Crippen molar-refractivity contribution >= 4 is 0 Å². The monoisotopic (exact) mass is 446 g/mol. The highest BCUT2D eigenvalue weighted by molar-refractivity contribution is 5.58. The molecule has 0 amide bonds. The van der Waals surface area contributed by atoms with E-state index in [-0.39, 0.29) is 24.2 Å². The molecular formula is C18H21F3N4O6. The van der Waals surface area contributed by atoms with E-state index in [9.17, 15) is 38.7 Å². The Morgan fingerprint density at radius 3 is 2.42 bits per heavy atom. The van der Waals surface area contributed by atoms with Crippen molar-refractivity contribution in [1.82, 2.24) is 20.3 Å². The third-order valence-electron chi connectivity index (χ3n) is 5.86. The summed E-state index contributed by atoms with van der Waals surface area (Å²) < 4.78 is 46.7. The van der Waals surface area contributed by atoms with Crippen LogP contribution in [0.2, 0.25) is 0 Å². The highest BCUT2D eigenvalue weighted by Crippen LogP contribution is 2.49. The Bertz CT molecular complexity index is 956. The lowest BCUT2D eigenvalue weighted by molar-refractivity contribution is -0.436. The maximum atomic E-state index is 13.6. The summed E-state index contributed by atoms with van der Waals surface area (Å²) in [6.45, 7) is -0.371. The number of piperidine rings is 1. The molecule has 3 heterocycles. The minimum atomic E-state index is -3.02. The molecule has 1 aromatic carbocycles. The van der Waals surface area contributed by atoms with Crippen LogP contribution in [0.1, 0.15) is 18.9 Å². The summed E-state index contributed by atoms with van der Waals surface area (Å²) in [6, 6.07) is -0.686. The average molecular weight is 446 g/mol. The molecule has 2 saturated heterocycles. The highest BCUT2D eigenvalue weighted by atomic mass is 19.2. The van der Waals surface area contributed by atoms with Crippen LogP contribution in [0, 0.1) is 17.5 Å². The molecule has 10 nitrogen and oxygen atoms in total. The number of halogens is 3. The molecular weight excluding hydrogens is 425 g/mol. The largest absolute Gasteiger partial charge is 0.393 e. The normalized spacial score (nSPS) is 29.9. The minimum Gasteiger partial charge on any atom is -0.393 e. The van der Waals surface area contributed by atoms with Gasteiger partial charge < -0.3 is 35.6 Å². The zero-order valence-corrected chi connectivity index (χ0v) is 16.0. The smallest absolute Gasteiger partial charge is 0.222 e. The van der Waals surface area contributed by atoms with Gasteiger partial charge in [0.25, 0.3) is 0 Å². The first-order valence-electron chi connectivity index (χ1n) is 9.49. The summed E-state index contributed by atoms with van der Waals surface area (Å²) in [7, 11) is 0. The summed E-state index contributed by atoms with van der Waals surface area (Å²) in [5, 5.41) is 63.4. The molecule has 6 N–H and O–H groups in total. The fourth-order valence-corrected chi connectivity index (χ4v) is 4.25. The summed E-state index contributed by atoms with van der Waals surface area (Å²) in [5.74, 6) is -10.6. The van der Waals surface area contributed by atoms with Crippen molar-refractivity contribution < 1.29 is 43.4 Å². The Morgan fingerprint density at radius 2 is 1.84 bits per heavy atom. The van der Waals surface area contributed by atoms with Gasteiger partial charge in [-0.3, -0.25) is 0 Å². The number of hydrogen-bond acceptors (Lipinski definition) is 9. The molecule has 2 aliphatic rings. The number of aromatic nitrogens is 3. The van der Waals surface area contributed by atoms with Gasteiger partial charge in [0.2, 0.25) is 11.6 Å². The summed E-state index contributed by atoms with van der Waals surface area (Å²) in [6.07, 6.45) is -0.0679. The molecule has 31 heavy (non-hydrogen) atoms. The van der Waals surface area contributed by atoms with Crippen LogP contribution in [-0.2, 0) is 4.74 Å². The van der Waals surface area contributed by atoms with Crippen LogP contribution in [-0.4, -0.2) is 83.5 Å². The van der Waals surface area contributed by atoms with E-state index in [1.807, 2.05) is 0 Å². The van der Waals surface area contributed by atoms with Crippen LogP contribution >= 0.6 is 0 Å². The number of aliphatic hydroxyl groups is 5. The van der Waals surface area contributed by atoms with Gasteiger partial charge in [0.1, 0.15) is 17.4 Å². The second kappa shape index (κ2) is 7.48. The van der Waals surface area contributed by atoms with E-state index in [0.29, 0.717) is 29.8 Å². The molecule has 0 unspecified atom stereocenters. The average Bonchev–Trinajstić information content (AvgIpc) is 3.18. The van der Waals surface area contributed by atoms with Crippen LogP contribution in [0.4, 0.5) is 13.2 Å². The fraction of sp³-hybridized carbons (Fsp3) is 0.556. The van der Waals surface area contributed by atoms with Crippen LogP contribution in [0.15, 0.2) is 18.3 Å². The molecule has 170 valence electrons. The second-order valence-electron chi connectivity index (χ2n) is 7.81. The highest BCUT2D eigenvalue weighted by Gasteiger charge is 2.70. The number of aliphatic hydroxyl groups excluding tert-OH is 1. The SMILES string of the molecule is OC[C@H]1O[C@@]2(CCCNC2)C(O)(O)[C@@H](n2cc(-c3cc(F)c(F)c(F)c3)nn2)C1(O)O. The molecule has 3 atom stereocenters. The lowest BCUT2D eigenvalue weighted by atomic mass is 9.74. The number of nitrogens with zero attached hydrogens (tertiary/aromatic N) is 3. The number of nitrogens with one attached hydrogen (secondary N) is 1. The zero-order valence-electron chi connectivity index (χ0n) is 16.0. The molecule has 1 spiro atoms. The van der Waals surface area contributed by atoms with Crippen molar-refractivity contribution in [2.75, 3.05) is 19.7 Å². The predicted octanol–water partition coefficient (Wildman–Crippen LogP) is -1.22. The number of rotatable bonds is 3. The van der Waals surface area contributed by atoms with Gasteiger partial charge in [0.05, 0.1) is 12.8 Å². The second-order valence-corrected chi connectivity index (χ2v) is 7.81. The maximum Gasteiger partial charge on any atom is 0.222 e. The first-order valence-corrected chi connectivity index (χ1v) is 9.49. The molecule has 0 saturated carbocycles. The molecule has 2 fully saturated rings. The Morgan fingerprint density at radius 1 is 1.16 bits per heavy atom. The van der Waals surface area contributed by atoms with Gasteiger partial charge in [0.15, 0.2) is 23.5 Å². The van der Waals surface area contributed by atoms with Crippen LogP contribution in [0.5, 0.6) is 0 Å². The molecule has 0 aliphatic carbocycles. The van der Waals surface area contributed by atoms with Gasteiger partial charge in [0, 0.05) is 12.1 Å². The first-order chi connectivity index (χ1) is 14.5. The van der Waals surface area contributed by atoms with Crippen LogP contribution in [0.3, 0.4) is 0 Å².